The Labute approximate surface area is 123 Å². The fourth-order valence-corrected chi connectivity index (χ4v) is 3.46. The van der Waals surface area contributed by atoms with Gasteiger partial charge in [0, 0.05) is 18.0 Å². The van der Waals surface area contributed by atoms with E-state index in [4.69, 9.17) is 14.8 Å². The number of rotatable bonds is 7. The van der Waals surface area contributed by atoms with Crippen molar-refractivity contribution in [3.8, 4) is 0 Å². The summed E-state index contributed by atoms with van der Waals surface area (Å²) in [6.07, 6.45) is 2.77. The molecule has 1 saturated heterocycles. The highest BCUT2D eigenvalue weighted by Crippen LogP contribution is 2.23. The van der Waals surface area contributed by atoms with E-state index in [1.54, 1.807) is 11.3 Å². The average molecular weight is 298 g/mol. The Morgan fingerprint density at radius 3 is 2.80 bits per heavy atom. The second kappa shape index (κ2) is 7.71. The minimum atomic E-state index is -0.740. The smallest absolute Gasteiger partial charge is 0.303 e. The van der Waals surface area contributed by atoms with Gasteiger partial charge in [0.2, 0.25) is 0 Å². The lowest BCUT2D eigenvalue weighted by Gasteiger charge is -2.25. The predicted octanol–water partition coefficient (Wildman–Crippen LogP) is 1.95. The molecule has 0 spiro atoms. The number of morpholine rings is 1. The van der Waals surface area contributed by atoms with Gasteiger partial charge < -0.3 is 9.84 Å². The molecule has 0 unspecified atom stereocenters. The molecule has 1 fully saturated rings. The summed E-state index contributed by atoms with van der Waals surface area (Å²) < 4.78 is 5.35. The number of aryl methyl sites for hydroxylation is 2. The van der Waals surface area contributed by atoms with Crippen LogP contribution in [0, 0.1) is 0 Å². The third-order valence-corrected chi connectivity index (χ3v) is 4.48. The number of hydrogen-bond donors (Lipinski definition) is 1. The van der Waals surface area contributed by atoms with E-state index in [0.29, 0.717) is 6.42 Å². The van der Waals surface area contributed by atoms with Gasteiger partial charge in [-0.1, -0.05) is 13.3 Å². The molecule has 1 aromatic heterocycles. The van der Waals surface area contributed by atoms with E-state index in [1.807, 2.05) is 0 Å². The van der Waals surface area contributed by atoms with Gasteiger partial charge in [0.15, 0.2) is 0 Å². The van der Waals surface area contributed by atoms with Gasteiger partial charge in [0.25, 0.3) is 0 Å². The van der Waals surface area contributed by atoms with Crippen LogP contribution in [0.3, 0.4) is 0 Å². The van der Waals surface area contributed by atoms with Crippen LogP contribution < -0.4 is 0 Å². The minimum Gasteiger partial charge on any atom is -0.481 e. The fourth-order valence-electron chi connectivity index (χ4n) is 2.30. The maximum absolute atomic E-state index is 10.7. The van der Waals surface area contributed by atoms with E-state index in [-0.39, 0.29) is 6.42 Å². The highest BCUT2D eigenvalue weighted by Gasteiger charge is 2.16. The first-order chi connectivity index (χ1) is 9.69. The predicted molar refractivity (Wildman–Crippen MR) is 78.2 cm³/mol. The van der Waals surface area contributed by atoms with Crippen LogP contribution >= 0.6 is 11.3 Å². The zero-order chi connectivity index (χ0) is 14.4. The Balaban J connectivity index is 2.00. The standard InChI is InChI=1S/C14H22N2O3S/c1-2-3-11-12(4-5-14(17)18)20-13(15-11)10-16-6-8-19-9-7-16/h2-10H2,1H3,(H,17,18). The van der Waals surface area contributed by atoms with Gasteiger partial charge in [-0.3, -0.25) is 9.69 Å². The van der Waals surface area contributed by atoms with Crippen molar-refractivity contribution in [3.05, 3.63) is 15.6 Å². The largest absolute Gasteiger partial charge is 0.481 e. The molecule has 2 rings (SSSR count). The molecule has 1 aromatic rings. The summed E-state index contributed by atoms with van der Waals surface area (Å²) in [7, 11) is 0. The molecule has 0 aliphatic carbocycles. The van der Waals surface area contributed by atoms with Gasteiger partial charge in [-0.15, -0.1) is 11.3 Å². The zero-order valence-corrected chi connectivity index (χ0v) is 12.7. The summed E-state index contributed by atoms with van der Waals surface area (Å²) in [5.74, 6) is -0.740. The van der Waals surface area contributed by atoms with Crippen LogP contribution in [0.15, 0.2) is 0 Å². The van der Waals surface area contributed by atoms with E-state index in [2.05, 4.69) is 11.8 Å². The van der Waals surface area contributed by atoms with Gasteiger partial charge in [-0.05, 0) is 12.8 Å². The SMILES string of the molecule is CCCc1nc(CN2CCOCC2)sc1CCC(=O)O. The van der Waals surface area contributed by atoms with Crippen LogP contribution in [0.4, 0.5) is 0 Å². The van der Waals surface area contributed by atoms with E-state index in [0.717, 1.165) is 61.3 Å². The van der Waals surface area contributed by atoms with Gasteiger partial charge in [-0.25, -0.2) is 4.98 Å². The summed E-state index contributed by atoms with van der Waals surface area (Å²) in [5.41, 5.74) is 1.10. The Morgan fingerprint density at radius 2 is 2.15 bits per heavy atom. The van der Waals surface area contributed by atoms with E-state index < -0.39 is 5.97 Å². The Morgan fingerprint density at radius 1 is 1.40 bits per heavy atom. The molecule has 112 valence electrons. The van der Waals surface area contributed by atoms with Gasteiger partial charge in [0.1, 0.15) is 5.01 Å². The van der Waals surface area contributed by atoms with E-state index in [1.165, 1.54) is 0 Å². The second-order valence-electron chi connectivity index (χ2n) is 5.01. The zero-order valence-electron chi connectivity index (χ0n) is 11.9. The maximum atomic E-state index is 10.7. The van der Waals surface area contributed by atoms with E-state index in [9.17, 15) is 4.79 Å². The normalized spacial score (nSPS) is 16.4. The van der Waals surface area contributed by atoms with Crippen molar-refractivity contribution in [2.75, 3.05) is 26.3 Å². The maximum Gasteiger partial charge on any atom is 0.303 e. The van der Waals surface area contributed by atoms with Crippen molar-refractivity contribution in [1.82, 2.24) is 9.88 Å². The number of hydrogen-bond acceptors (Lipinski definition) is 5. The van der Waals surface area contributed by atoms with Gasteiger partial charge in [-0.2, -0.15) is 0 Å². The average Bonchev–Trinajstić information content (AvgIpc) is 2.80. The monoisotopic (exact) mass is 298 g/mol. The fraction of sp³-hybridized carbons (Fsp3) is 0.714. The number of carbonyl (C=O) groups is 1. The summed E-state index contributed by atoms with van der Waals surface area (Å²) in [4.78, 5) is 18.9. The lowest BCUT2D eigenvalue weighted by atomic mass is 10.2. The molecule has 5 nitrogen and oxygen atoms in total. The molecule has 1 N–H and O–H groups in total. The molecule has 1 aliphatic rings. The number of aliphatic carboxylic acids is 1. The van der Waals surface area contributed by atoms with Crippen molar-refractivity contribution in [2.24, 2.45) is 0 Å². The number of carboxylic acids is 1. The minimum absolute atomic E-state index is 0.190. The third kappa shape index (κ3) is 4.54. The van der Waals surface area contributed by atoms with Crippen LogP contribution in [0.1, 0.15) is 35.3 Å². The number of aromatic nitrogens is 1. The molecular weight excluding hydrogens is 276 g/mol. The van der Waals surface area contributed by atoms with Crippen molar-refractivity contribution in [2.45, 2.75) is 39.2 Å². The Hall–Kier alpha value is -0.980. The van der Waals surface area contributed by atoms with E-state index >= 15 is 0 Å². The molecule has 0 atom stereocenters. The molecular formula is C14H22N2O3S. The highest BCUT2D eigenvalue weighted by atomic mass is 32.1. The molecule has 0 amide bonds. The molecule has 0 radical (unpaired) electrons. The number of nitrogens with zero attached hydrogens (tertiary/aromatic N) is 2. The first-order valence-electron chi connectivity index (χ1n) is 7.18. The van der Waals surface area contributed by atoms with Crippen molar-refractivity contribution in [3.63, 3.8) is 0 Å². The van der Waals surface area contributed by atoms with Crippen molar-refractivity contribution in [1.29, 1.82) is 0 Å². The number of ether oxygens (including phenoxy) is 1. The summed E-state index contributed by atoms with van der Waals surface area (Å²) in [5, 5.41) is 9.93. The van der Waals surface area contributed by atoms with Crippen LogP contribution in [0.25, 0.3) is 0 Å². The van der Waals surface area contributed by atoms with Crippen LogP contribution in [-0.4, -0.2) is 47.3 Å². The summed E-state index contributed by atoms with van der Waals surface area (Å²) in [6.45, 7) is 6.47. The third-order valence-electron chi connectivity index (χ3n) is 3.34. The molecule has 0 saturated carbocycles. The molecule has 1 aliphatic heterocycles. The lowest BCUT2D eigenvalue weighted by molar-refractivity contribution is -0.136. The number of thiazole rings is 1. The lowest BCUT2D eigenvalue weighted by Crippen LogP contribution is -2.35. The summed E-state index contributed by atoms with van der Waals surface area (Å²) in [6, 6.07) is 0. The molecule has 6 heteroatoms. The first kappa shape index (κ1) is 15.4. The summed E-state index contributed by atoms with van der Waals surface area (Å²) >= 11 is 1.68. The molecule has 20 heavy (non-hydrogen) atoms. The van der Waals surface area contributed by atoms with Crippen LogP contribution in [-0.2, 0) is 28.9 Å². The topological polar surface area (TPSA) is 62.7 Å². The highest BCUT2D eigenvalue weighted by molar-refractivity contribution is 7.11. The molecule has 2 heterocycles. The quantitative estimate of drug-likeness (QED) is 0.833. The van der Waals surface area contributed by atoms with Crippen molar-refractivity contribution < 1.29 is 14.6 Å². The Kier molecular flexibility index (Phi) is 5.94. The van der Waals surface area contributed by atoms with Gasteiger partial charge in [0.05, 0.1) is 31.9 Å². The number of carboxylic acid groups (broad SMARTS) is 1. The van der Waals surface area contributed by atoms with Crippen molar-refractivity contribution >= 4 is 17.3 Å². The Bertz CT molecular complexity index is 442. The first-order valence-corrected chi connectivity index (χ1v) is 8.00. The van der Waals surface area contributed by atoms with Crippen LogP contribution in [0.2, 0.25) is 0 Å². The molecule has 0 bridgehead atoms. The molecule has 0 aromatic carbocycles. The van der Waals surface area contributed by atoms with Gasteiger partial charge >= 0.3 is 5.97 Å². The van der Waals surface area contributed by atoms with Crippen LogP contribution in [0.5, 0.6) is 0 Å². The second-order valence-corrected chi connectivity index (χ2v) is 6.18.